The highest BCUT2D eigenvalue weighted by Crippen LogP contribution is 2.26. The minimum absolute atomic E-state index is 0.0425. The van der Waals surface area contributed by atoms with Crippen LogP contribution in [0.5, 0.6) is 5.75 Å². The molecule has 3 aromatic rings. The minimum atomic E-state index is -0.161. The van der Waals surface area contributed by atoms with Crippen LogP contribution in [0, 0.1) is 0 Å². The van der Waals surface area contributed by atoms with Gasteiger partial charge in [-0.15, -0.1) is 0 Å². The summed E-state index contributed by atoms with van der Waals surface area (Å²) in [6.07, 6.45) is 3.50. The number of hydrogen-bond acceptors (Lipinski definition) is 4. The molecule has 0 unspecified atom stereocenters. The molecule has 2 N–H and O–H groups in total. The Labute approximate surface area is 175 Å². The van der Waals surface area contributed by atoms with Crippen molar-refractivity contribution in [2.24, 2.45) is 0 Å². The molecule has 0 saturated heterocycles. The quantitative estimate of drug-likeness (QED) is 0.593. The van der Waals surface area contributed by atoms with Crippen molar-refractivity contribution in [3.63, 3.8) is 0 Å². The lowest BCUT2D eigenvalue weighted by atomic mass is 10.0. The minimum Gasteiger partial charge on any atom is -0.492 e. The Morgan fingerprint density at radius 1 is 1.20 bits per heavy atom. The molecule has 0 saturated carbocycles. The summed E-state index contributed by atoms with van der Waals surface area (Å²) in [6.45, 7) is 2.74. The summed E-state index contributed by atoms with van der Waals surface area (Å²) in [5.74, 6) is 0.608. The molecule has 1 aliphatic rings. The van der Waals surface area contributed by atoms with Gasteiger partial charge in [-0.3, -0.25) is 9.59 Å². The number of aromatic nitrogens is 2. The molecule has 1 aliphatic heterocycles. The maximum absolute atomic E-state index is 12.6. The van der Waals surface area contributed by atoms with Gasteiger partial charge >= 0.3 is 0 Å². The summed E-state index contributed by atoms with van der Waals surface area (Å²) in [6, 6.07) is 15.4. The molecule has 30 heavy (non-hydrogen) atoms. The van der Waals surface area contributed by atoms with E-state index in [2.05, 4.69) is 15.7 Å². The van der Waals surface area contributed by atoms with E-state index in [1.165, 1.54) is 0 Å². The second kappa shape index (κ2) is 8.82. The van der Waals surface area contributed by atoms with E-state index in [9.17, 15) is 9.59 Å². The highest BCUT2D eigenvalue weighted by molar-refractivity contribution is 5.95. The fourth-order valence-corrected chi connectivity index (χ4v) is 3.57. The van der Waals surface area contributed by atoms with E-state index < -0.39 is 0 Å². The number of carbonyl (C=O) groups is 2. The van der Waals surface area contributed by atoms with Crippen molar-refractivity contribution in [3.8, 4) is 11.4 Å². The van der Waals surface area contributed by atoms with Crippen molar-refractivity contribution in [2.45, 2.75) is 26.2 Å². The molecule has 0 fully saturated rings. The van der Waals surface area contributed by atoms with Crippen LogP contribution in [0.4, 0.5) is 5.69 Å². The van der Waals surface area contributed by atoms with Gasteiger partial charge in [0.05, 0.1) is 29.7 Å². The predicted molar refractivity (Wildman–Crippen MR) is 114 cm³/mol. The van der Waals surface area contributed by atoms with Gasteiger partial charge in [0, 0.05) is 12.1 Å². The number of anilines is 1. The van der Waals surface area contributed by atoms with Crippen molar-refractivity contribution in [1.82, 2.24) is 15.1 Å². The molecular formula is C23H24N4O3. The number of amides is 2. The van der Waals surface area contributed by atoms with E-state index in [0.717, 1.165) is 28.4 Å². The highest BCUT2D eigenvalue weighted by Gasteiger charge is 2.17. The summed E-state index contributed by atoms with van der Waals surface area (Å²) in [5, 5.41) is 10.2. The lowest BCUT2D eigenvalue weighted by Gasteiger charge is -2.17. The third-order valence-corrected chi connectivity index (χ3v) is 5.08. The summed E-state index contributed by atoms with van der Waals surface area (Å²) in [4.78, 5) is 24.1. The number of ether oxygens (including phenoxy) is 1. The molecule has 1 aromatic heterocycles. The number of rotatable bonds is 7. The van der Waals surface area contributed by atoms with E-state index >= 15 is 0 Å². The number of aryl methyl sites for hydroxylation is 1. The molecule has 0 atom stereocenters. The molecule has 7 nitrogen and oxygen atoms in total. The molecule has 154 valence electrons. The van der Waals surface area contributed by atoms with Gasteiger partial charge in [-0.2, -0.15) is 5.10 Å². The topological polar surface area (TPSA) is 85.2 Å². The monoisotopic (exact) mass is 404 g/mol. The van der Waals surface area contributed by atoms with Gasteiger partial charge < -0.3 is 15.4 Å². The van der Waals surface area contributed by atoms with Gasteiger partial charge in [0.25, 0.3) is 5.91 Å². The Morgan fingerprint density at radius 2 is 2.03 bits per heavy atom. The largest absolute Gasteiger partial charge is 0.492 e. The third-order valence-electron chi connectivity index (χ3n) is 5.08. The van der Waals surface area contributed by atoms with Crippen molar-refractivity contribution >= 4 is 17.5 Å². The molecule has 0 bridgehead atoms. The molecule has 2 aromatic carbocycles. The lowest BCUT2D eigenvalue weighted by molar-refractivity contribution is -0.116. The first-order valence-electron chi connectivity index (χ1n) is 10.1. The average Bonchev–Trinajstić information content (AvgIpc) is 3.21. The number of nitrogens with one attached hydrogen (secondary N) is 2. The normalized spacial score (nSPS) is 12.8. The lowest BCUT2D eigenvalue weighted by Crippen LogP contribution is -2.28. The second-order valence-electron chi connectivity index (χ2n) is 7.08. The van der Waals surface area contributed by atoms with E-state index in [-0.39, 0.29) is 11.8 Å². The fourth-order valence-electron chi connectivity index (χ4n) is 3.57. The highest BCUT2D eigenvalue weighted by atomic mass is 16.5. The molecule has 2 amide bonds. The zero-order valence-electron chi connectivity index (χ0n) is 16.9. The number of hydrogen-bond donors (Lipinski definition) is 2. The van der Waals surface area contributed by atoms with Crippen LogP contribution in [0.15, 0.2) is 54.7 Å². The van der Waals surface area contributed by atoms with Crippen LogP contribution in [0.1, 0.15) is 35.0 Å². The zero-order valence-corrected chi connectivity index (χ0v) is 16.9. The summed E-state index contributed by atoms with van der Waals surface area (Å²) < 4.78 is 7.57. The molecule has 0 radical (unpaired) electrons. The van der Waals surface area contributed by atoms with Crippen LogP contribution in [0.2, 0.25) is 0 Å². The van der Waals surface area contributed by atoms with Crippen molar-refractivity contribution < 1.29 is 14.3 Å². The molecule has 0 aliphatic carbocycles. The standard InChI is InChI=1S/C23H24N4O3/c1-2-21-19(15-25-27(21)17-6-4-3-5-7-17)23(29)24-12-13-30-18-9-10-20-16(14-18)8-11-22(28)26-20/h3-7,9-10,14-15H,2,8,11-13H2,1H3,(H,24,29)(H,26,28). The second-order valence-corrected chi connectivity index (χ2v) is 7.08. The average molecular weight is 404 g/mol. The van der Waals surface area contributed by atoms with Gasteiger partial charge in [-0.1, -0.05) is 25.1 Å². The van der Waals surface area contributed by atoms with Crippen LogP contribution in [0.3, 0.4) is 0 Å². The van der Waals surface area contributed by atoms with Gasteiger partial charge in [0.2, 0.25) is 5.91 Å². The summed E-state index contributed by atoms with van der Waals surface area (Å²) in [7, 11) is 0. The summed E-state index contributed by atoms with van der Waals surface area (Å²) >= 11 is 0. The van der Waals surface area contributed by atoms with Gasteiger partial charge in [0.1, 0.15) is 12.4 Å². The van der Waals surface area contributed by atoms with E-state index in [1.807, 2.05) is 55.5 Å². The SMILES string of the molecule is CCc1c(C(=O)NCCOc2ccc3c(c2)CCC(=O)N3)cnn1-c1ccccc1. The maximum atomic E-state index is 12.6. The molecule has 7 heteroatoms. The third kappa shape index (κ3) is 4.20. The molecule has 0 spiro atoms. The fraction of sp³-hybridized carbons (Fsp3) is 0.261. The van der Waals surface area contributed by atoms with Gasteiger partial charge in [-0.25, -0.2) is 4.68 Å². The van der Waals surface area contributed by atoms with Crippen LogP contribution in [0.25, 0.3) is 5.69 Å². The van der Waals surface area contributed by atoms with Crippen molar-refractivity contribution in [2.75, 3.05) is 18.5 Å². The smallest absolute Gasteiger partial charge is 0.254 e. The molecule has 2 heterocycles. The maximum Gasteiger partial charge on any atom is 0.254 e. The molecule has 4 rings (SSSR count). The Bertz CT molecular complexity index is 1060. The Kier molecular flexibility index (Phi) is 5.79. The first-order chi connectivity index (χ1) is 14.7. The van der Waals surface area contributed by atoms with Crippen LogP contribution >= 0.6 is 0 Å². The first-order valence-corrected chi connectivity index (χ1v) is 10.1. The first kappa shape index (κ1) is 19.7. The van der Waals surface area contributed by atoms with E-state index in [0.29, 0.717) is 38.0 Å². The van der Waals surface area contributed by atoms with E-state index in [1.54, 1.807) is 10.9 Å². The number of nitrogens with zero attached hydrogens (tertiary/aromatic N) is 2. The van der Waals surface area contributed by atoms with Gasteiger partial charge in [-0.05, 0) is 48.7 Å². The Balaban J connectivity index is 1.33. The van der Waals surface area contributed by atoms with E-state index in [4.69, 9.17) is 4.74 Å². The van der Waals surface area contributed by atoms with Gasteiger partial charge in [0.15, 0.2) is 0 Å². The van der Waals surface area contributed by atoms with Crippen LogP contribution < -0.4 is 15.4 Å². The van der Waals surface area contributed by atoms with Crippen LogP contribution in [-0.4, -0.2) is 34.7 Å². The Morgan fingerprint density at radius 3 is 2.83 bits per heavy atom. The number of carbonyl (C=O) groups excluding carboxylic acids is 2. The predicted octanol–water partition coefficient (Wildman–Crippen LogP) is 3.13. The summed E-state index contributed by atoms with van der Waals surface area (Å²) in [5.41, 5.74) is 4.29. The zero-order chi connectivity index (χ0) is 20.9. The van der Waals surface area contributed by atoms with Crippen molar-refractivity contribution in [1.29, 1.82) is 0 Å². The number of fused-ring (bicyclic) bond motifs is 1. The molecular weight excluding hydrogens is 380 g/mol. The van der Waals surface area contributed by atoms with Crippen LogP contribution in [-0.2, 0) is 17.6 Å². The number of para-hydroxylation sites is 1. The van der Waals surface area contributed by atoms with Crippen molar-refractivity contribution in [3.05, 3.63) is 71.5 Å². The Hall–Kier alpha value is -3.61. The number of benzene rings is 2.